The van der Waals surface area contributed by atoms with E-state index in [1.165, 1.54) is 54.8 Å². The number of alkyl carbamates (subject to hydrolysis) is 1. The van der Waals surface area contributed by atoms with Gasteiger partial charge in [0, 0.05) is 200 Å². The van der Waals surface area contributed by atoms with E-state index in [0.717, 1.165) is 150 Å². The molecule has 6 unspecified atom stereocenters. The van der Waals surface area contributed by atoms with Gasteiger partial charge in [-0.05, 0) is 296 Å². The number of hydrogen-bond acceptors (Lipinski definition) is 30. The molecule has 3 aromatic carbocycles. The summed E-state index contributed by atoms with van der Waals surface area (Å²) >= 11 is 2.03. The van der Waals surface area contributed by atoms with Crippen molar-refractivity contribution in [1.82, 2.24) is 100 Å². The largest absolute Gasteiger partial charge is 0.450 e. The second kappa shape index (κ2) is 101. The van der Waals surface area contributed by atoms with E-state index in [0.29, 0.717) is 82.3 Å². The molecule has 10 N–H and O–H groups in total. The van der Waals surface area contributed by atoms with Crippen LogP contribution in [-0.4, -0.2) is 537 Å². The molecule has 0 fully saturated rings. The molecule has 0 bridgehead atoms. The Morgan fingerprint density at radius 3 is 1.04 bits per heavy atom. The molecule has 0 radical (unpaired) electrons. The monoisotopic (exact) mass is 2030 g/mol. The van der Waals surface area contributed by atoms with E-state index >= 15 is 0 Å². The van der Waals surface area contributed by atoms with Crippen LogP contribution in [0.15, 0.2) is 122 Å². The number of aliphatic hydroxyl groups is 4. The summed E-state index contributed by atoms with van der Waals surface area (Å²) in [7, 11) is 48.6. The van der Waals surface area contributed by atoms with Gasteiger partial charge >= 0.3 is 6.09 Å². The molecule has 0 aliphatic heterocycles. The number of carbonyl (C=O) groups excluding carboxylic acids is 6. The summed E-state index contributed by atoms with van der Waals surface area (Å²) in [6, 6.07) is 28.1. The van der Waals surface area contributed by atoms with Crippen LogP contribution >= 0.6 is 11.8 Å². The first-order chi connectivity index (χ1) is 66.8. The molecule has 6 atom stereocenters. The number of methoxy groups -OCH3 is 2. The Kier molecular flexibility index (Phi) is 105. The average molecular weight is 2040 g/mol. The predicted octanol–water partition coefficient (Wildman–Crippen LogP) is 6.98. The summed E-state index contributed by atoms with van der Waals surface area (Å²) in [5.74, 6) is 2.04. The fourth-order valence-corrected chi connectivity index (χ4v) is 13.0. The number of anilines is 1. The van der Waals surface area contributed by atoms with Crippen LogP contribution in [0, 0.1) is 0 Å². The first-order valence-electron chi connectivity index (χ1n) is 50.1. The lowest BCUT2D eigenvalue weighted by Crippen LogP contribution is -2.44. The van der Waals surface area contributed by atoms with Gasteiger partial charge in [-0.2, -0.15) is 11.8 Å². The van der Waals surface area contributed by atoms with E-state index in [1.54, 1.807) is 73.1 Å². The molecule has 0 aromatic heterocycles. The molecule has 0 spiro atoms. The summed E-state index contributed by atoms with van der Waals surface area (Å²) < 4.78 is 21.0. The number of nitrogens with zero attached hydrogens (tertiary/aromatic N) is 15. The van der Waals surface area contributed by atoms with Crippen molar-refractivity contribution >= 4 is 53.1 Å². The maximum Gasteiger partial charge on any atom is 0.407 e. The Balaban J connectivity index is -0.000000288. The van der Waals surface area contributed by atoms with E-state index in [-0.39, 0.29) is 47.8 Å². The number of amides is 6. The minimum Gasteiger partial charge on any atom is -0.450 e. The first kappa shape index (κ1) is 148. The number of hydrogen-bond donors (Lipinski definition) is 10. The Morgan fingerprint density at radius 2 is 0.732 bits per heavy atom. The van der Waals surface area contributed by atoms with Crippen molar-refractivity contribution < 1.29 is 68.1 Å². The average Bonchev–Trinajstić information content (AvgIpc) is 0.859. The highest BCUT2D eigenvalue weighted by Gasteiger charge is 2.23. The lowest BCUT2D eigenvalue weighted by molar-refractivity contribution is -0.118. The van der Waals surface area contributed by atoms with Crippen molar-refractivity contribution in [3.8, 4) is 0 Å². The van der Waals surface area contributed by atoms with Gasteiger partial charge < -0.3 is 135 Å². The Bertz CT molecular complexity index is 3240. The van der Waals surface area contributed by atoms with Crippen molar-refractivity contribution in [2.75, 3.05) is 376 Å². The zero-order valence-electron chi connectivity index (χ0n) is 95.5. The first-order valence-corrected chi connectivity index (χ1v) is 51.3. The number of carbonyl (C=O) groups is 6. The van der Waals surface area contributed by atoms with E-state index in [4.69, 9.17) is 18.9 Å². The van der Waals surface area contributed by atoms with Crippen molar-refractivity contribution in [3.05, 3.63) is 139 Å². The van der Waals surface area contributed by atoms with Gasteiger partial charge in [-0.25, -0.2) is 4.79 Å². The Labute approximate surface area is 869 Å². The van der Waals surface area contributed by atoms with Gasteiger partial charge in [0.15, 0.2) is 0 Å². The van der Waals surface area contributed by atoms with Gasteiger partial charge in [-0.15, -0.1) is 0 Å². The van der Waals surface area contributed by atoms with Crippen LogP contribution in [0.4, 0.5) is 10.5 Å². The highest BCUT2D eigenvalue weighted by atomic mass is 32.2. The summed E-state index contributed by atoms with van der Waals surface area (Å²) in [4.78, 5) is 98.0. The third kappa shape index (κ3) is 115. The molecule has 0 saturated carbocycles. The molecule has 0 aliphatic carbocycles. The third-order valence-corrected chi connectivity index (χ3v) is 20.4. The van der Waals surface area contributed by atoms with E-state index in [1.807, 2.05) is 118 Å². The SMILES string of the molecule is C=C(C)C(=O)NCCCN(C)C.C=CC(=O)NCCCN(C)C.C=CC(=O)NCCN(C)C.CC(O)CN(CCN(CC(C)O)CC(C)O)CC(C)O.CCCOC(=O)NCCCN(C)C.CCN(CC)CCNC(=O)c1ccc(NC(C)=O)cc1.CN(C)CCOCCN(C)C.CN(C)CCSCCN(C)C.CN(CCN(C)Cc1ccccc1)Cc1ccccc1.COC(CN(C)C)C(CN(C)C)OC. The molecule has 0 heterocycles. The van der Waals surface area contributed by atoms with Crippen LogP contribution in [0.25, 0.3) is 0 Å². The molecule has 36 heteroatoms. The van der Waals surface area contributed by atoms with E-state index in [9.17, 15) is 49.2 Å². The number of aliphatic hydroxyl groups excluding tert-OH is 4. The fraction of sp³-hybridized carbons (Fsp3) is 0.717. The standard InChI is InChI=1S/C18H24N2.C15H23N3O2.C14H32N2O4.C10H24N2O2.C9H20N2O2.C9H18N2O.C8H20N2O.C8H16N2O.C8H20N2S.C7H14N2O/c1-19(15-17-9-5-3-6-10-17)13-14-20(2)16-18-11-7-4-8-12-18;1-4-18(5-2)11-10-16-15(20)13-6-8-14(9-7-13)17-12(3)19;1-11(17)7-15(8-12(2)18)5-6-16(9-13(3)19)10-14(4)20;1-11(2)7-9(13-5)10(14-6)8-12(3)4;1-4-8-13-9(12)10-6-5-7-11(2)3;1-8(2)9(12)10-6-5-7-11(3)4;1-9(2)5-7-11-8-6-10(3)4;1-4-8(11)9-6-5-7-10(2)3;1-9(2)5-7-11-8-6-10(3)4;1-4-7(10)8-5-6-9(2)3/h3-12H,13-16H2,1-2H3;6-9H,4-5,10-11H2,1-3H3,(H,16,20)(H,17,19);11-14,17-20H,5-10H2,1-4H3;9-10H,7-8H2,1-6H3;4-8H2,1-3H3,(H,10,12);1,5-7H2,2-4H3,(H,10,12);5-8H2,1-4H3;4H,1,5-7H2,2-3H3,(H,9,11);5-8H2,1-4H3;4H,1,5-6H2,2-3H3,(H,8,10). The third-order valence-electron chi connectivity index (χ3n) is 19.4. The fourth-order valence-electron chi connectivity index (χ4n) is 11.8. The van der Waals surface area contributed by atoms with E-state index < -0.39 is 24.4 Å². The van der Waals surface area contributed by atoms with Gasteiger partial charge in [0.1, 0.15) is 0 Å². The smallest absolute Gasteiger partial charge is 0.407 e. The van der Waals surface area contributed by atoms with Gasteiger partial charge in [-0.1, -0.05) is 101 Å². The molecular formula is C106H211N21O14S. The van der Waals surface area contributed by atoms with Crippen molar-refractivity contribution in [3.63, 3.8) is 0 Å². The van der Waals surface area contributed by atoms with Crippen molar-refractivity contribution in [1.29, 1.82) is 0 Å². The molecular weight excluding hydrogens is 1820 g/mol. The molecule has 0 saturated heterocycles. The number of likely N-dealkylation sites (N-methyl/N-ethyl adjacent to an activating group) is 8. The highest BCUT2D eigenvalue weighted by molar-refractivity contribution is 7.99. The zero-order valence-corrected chi connectivity index (χ0v) is 96.3. The highest BCUT2D eigenvalue weighted by Crippen LogP contribution is 2.12. The van der Waals surface area contributed by atoms with Gasteiger partial charge in [0.25, 0.3) is 5.91 Å². The number of benzene rings is 3. The number of ether oxygens (including phenoxy) is 4. The van der Waals surface area contributed by atoms with E-state index in [2.05, 4.69) is 255 Å². The molecule has 830 valence electrons. The number of thioether (sulfide) groups is 1. The lowest BCUT2D eigenvalue weighted by atomic mass is 10.2. The predicted molar refractivity (Wildman–Crippen MR) is 599 cm³/mol. The second-order valence-corrected chi connectivity index (χ2v) is 39.0. The summed E-state index contributed by atoms with van der Waals surface area (Å²) in [6.45, 7) is 52.4. The Hall–Kier alpha value is -7.03. The summed E-state index contributed by atoms with van der Waals surface area (Å²) in [6.07, 6.45) is 4.48. The maximum atomic E-state index is 11.9. The summed E-state index contributed by atoms with van der Waals surface area (Å²) in [5.41, 5.74) is 4.61. The molecule has 35 nitrogen and oxygen atoms in total. The topological polar surface area (TPSA) is 341 Å². The second-order valence-electron chi connectivity index (χ2n) is 37.8. The van der Waals surface area contributed by atoms with Gasteiger partial charge in [-0.3, -0.25) is 33.8 Å². The summed E-state index contributed by atoms with van der Waals surface area (Å²) in [5, 5.41) is 54.3. The number of nitrogens with one attached hydrogen (secondary N) is 6. The van der Waals surface area contributed by atoms with Crippen molar-refractivity contribution in [2.45, 2.75) is 138 Å². The molecule has 3 rings (SSSR count). The van der Waals surface area contributed by atoms with Crippen LogP contribution in [0.5, 0.6) is 0 Å². The zero-order chi connectivity index (χ0) is 110. The molecule has 0 aliphatic rings. The molecule has 142 heavy (non-hydrogen) atoms. The minimum absolute atomic E-state index is 0.0474. The van der Waals surface area contributed by atoms with Crippen LogP contribution in [-0.2, 0) is 51.2 Å². The van der Waals surface area contributed by atoms with Crippen LogP contribution in [0.2, 0.25) is 0 Å². The lowest BCUT2D eigenvalue weighted by Gasteiger charge is -2.30. The molecule has 3 aromatic rings. The van der Waals surface area contributed by atoms with Crippen molar-refractivity contribution in [2.24, 2.45) is 0 Å². The quantitative estimate of drug-likeness (QED) is 0.0201. The normalized spacial score (nSPS) is 12.2. The van der Waals surface area contributed by atoms with Gasteiger partial charge in [0.05, 0.1) is 56.4 Å². The van der Waals surface area contributed by atoms with Crippen LogP contribution in [0.3, 0.4) is 0 Å². The minimum atomic E-state index is -0.448. The van der Waals surface area contributed by atoms with Gasteiger partial charge in [0.2, 0.25) is 23.6 Å². The molecule has 6 amide bonds. The van der Waals surface area contributed by atoms with Crippen LogP contribution in [0.1, 0.15) is 109 Å². The van der Waals surface area contributed by atoms with Crippen LogP contribution < -0.4 is 31.9 Å². The maximum absolute atomic E-state index is 11.9. The Morgan fingerprint density at radius 1 is 0.387 bits per heavy atom. The number of rotatable bonds is 64.